The molecule has 22 heavy (non-hydrogen) atoms. The van der Waals surface area contributed by atoms with Gasteiger partial charge in [0.15, 0.2) is 0 Å². The van der Waals surface area contributed by atoms with E-state index in [2.05, 4.69) is 22.4 Å². The average Bonchev–Trinajstić information content (AvgIpc) is 3.07. The second-order valence-electron chi connectivity index (χ2n) is 5.62. The van der Waals surface area contributed by atoms with Crippen molar-refractivity contribution in [1.29, 1.82) is 0 Å². The van der Waals surface area contributed by atoms with Crippen LogP contribution in [0.25, 0.3) is 0 Å². The number of para-hydroxylation sites is 1. The Balaban J connectivity index is 1.56. The molecule has 1 N–H and O–H groups in total. The topological polar surface area (TPSA) is 47.8 Å². The maximum Gasteiger partial charge on any atom is 0.0949 e. The van der Waals surface area contributed by atoms with Crippen molar-refractivity contribution >= 4 is 23.0 Å². The number of carbonyl (C=O) groups excluding carboxylic acids is 1. The van der Waals surface area contributed by atoms with E-state index < -0.39 is 5.97 Å². The maximum atomic E-state index is 11.2. The zero-order valence-corrected chi connectivity index (χ0v) is 13.3. The van der Waals surface area contributed by atoms with Crippen LogP contribution in [0.3, 0.4) is 0 Å². The summed E-state index contributed by atoms with van der Waals surface area (Å²) in [5.41, 5.74) is 1.09. The molecule has 3 rings (SSSR count). The van der Waals surface area contributed by atoms with E-state index in [4.69, 9.17) is 0 Å². The molecule has 0 aliphatic carbocycles. The Morgan fingerprint density at radius 2 is 1.95 bits per heavy atom. The summed E-state index contributed by atoms with van der Waals surface area (Å²) in [6, 6.07) is 11.4. The van der Waals surface area contributed by atoms with E-state index >= 15 is 0 Å². The van der Waals surface area contributed by atoms with E-state index in [9.17, 15) is 9.90 Å². The molecule has 0 saturated carbocycles. The summed E-state index contributed by atoms with van der Waals surface area (Å²) in [7, 11) is 0. The summed E-state index contributed by atoms with van der Waals surface area (Å²) in [4.78, 5) is 16.4. The van der Waals surface area contributed by atoms with Gasteiger partial charge >= 0.3 is 0 Å². The lowest BCUT2D eigenvalue weighted by molar-refractivity contribution is -0.900. The van der Waals surface area contributed by atoms with Crippen molar-refractivity contribution in [3.8, 4) is 0 Å². The second-order valence-corrected chi connectivity index (χ2v) is 6.65. The number of quaternary nitrogens is 1. The number of piperazine rings is 1. The Hall–Kier alpha value is -1.85. The Morgan fingerprint density at radius 1 is 1.18 bits per heavy atom. The van der Waals surface area contributed by atoms with Gasteiger partial charge in [0, 0.05) is 22.5 Å². The number of aromatic carboxylic acids is 1. The normalized spacial score (nSPS) is 15.9. The van der Waals surface area contributed by atoms with Crippen LogP contribution in [0.1, 0.15) is 15.2 Å². The molecule has 0 amide bonds. The molecule has 1 saturated heterocycles. The van der Waals surface area contributed by atoms with E-state index in [0.29, 0.717) is 5.56 Å². The van der Waals surface area contributed by atoms with Crippen LogP contribution < -0.4 is 14.9 Å². The number of nitrogens with zero attached hydrogens (tertiary/aromatic N) is 1. The van der Waals surface area contributed by atoms with Crippen molar-refractivity contribution in [2.45, 2.75) is 6.42 Å². The molecule has 1 fully saturated rings. The fourth-order valence-electron chi connectivity index (χ4n) is 2.99. The molecular formula is C17H20N2O2S. The van der Waals surface area contributed by atoms with Crippen molar-refractivity contribution in [1.82, 2.24) is 0 Å². The lowest BCUT2D eigenvalue weighted by Crippen LogP contribution is -3.15. The average molecular weight is 316 g/mol. The van der Waals surface area contributed by atoms with Crippen molar-refractivity contribution < 1.29 is 14.8 Å². The number of rotatable bonds is 5. The molecule has 0 spiro atoms. The molecule has 116 valence electrons. The molecule has 5 heteroatoms. The van der Waals surface area contributed by atoms with E-state index in [-0.39, 0.29) is 0 Å². The van der Waals surface area contributed by atoms with Crippen LogP contribution in [-0.2, 0) is 6.42 Å². The number of carboxylic acid groups (broad SMARTS) is 1. The lowest BCUT2D eigenvalue weighted by Gasteiger charge is -2.34. The Bertz CT molecular complexity index is 619. The van der Waals surface area contributed by atoms with Crippen molar-refractivity contribution in [2.75, 3.05) is 37.6 Å². The first-order valence-electron chi connectivity index (χ1n) is 7.65. The highest BCUT2D eigenvalue weighted by Gasteiger charge is 2.21. The highest BCUT2D eigenvalue weighted by atomic mass is 32.1. The van der Waals surface area contributed by atoms with Crippen LogP contribution in [0.5, 0.6) is 0 Å². The predicted octanol–water partition coefficient (Wildman–Crippen LogP) is 0.0592. The quantitative estimate of drug-likeness (QED) is 0.848. The molecule has 1 aromatic heterocycles. The Kier molecular flexibility index (Phi) is 4.75. The van der Waals surface area contributed by atoms with Crippen LogP contribution in [0.15, 0.2) is 41.8 Å². The van der Waals surface area contributed by atoms with E-state index in [1.165, 1.54) is 4.88 Å². The molecule has 1 aliphatic heterocycles. The third kappa shape index (κ3) is 3.48. The lowest BCUT2D eigenvalue weighted by atomic mass is 10.1. The van der Waals surface area contributed by atoms with Gasteiger partial charge in [-0.1, -0.05) is 24.3 Å². The molecule has 0 bridgehead atoms. The zero-order chi connectivity index (χ0) is 15.4. The minimum absolute atomic E-state index is 0.296. The monoisotopic (exact) mass is 316 g/mol. The molecule has 1 aromatic carbocycles. The van der Waals surface area contributed by atoms with Crippen molar-refractivity contribution in [3.63, 3.8) is 0 Å². The summed E-state index contributed by atoms with van der Waals surface area (Å²) in [5.74, 6) is -1.09. The van der Waals surface area contributed by atoms with Crippen molar-refractivity contribution in [3.05, 3.63) is 52.2 Å². The minimum atomic E-state index is -1.09. The summed E-state index contributed by atoms with van der Waals surface area (Å²) in [6.07, 6.45) is 1.13. The van der Waals surface area contributed by atoms with Gasteiger partial charge in [-0.25, -0.2) is 0 Å². The van der Waals surface area contributed by atoms with Gasteiger partial charge in [-0.2, -0.15) is 0 Å². The van der Waals surface area contributed by atoms with Crippen LogP contribution in [0.2, 0.25) is 0 Å². The second kappa shape index (κ2) is 6.94. The summed E-state index contributed by atoms with van der Waals surface area (Å²) < 4.78 is 0. The smallest absolute Gasteiger partial charge is 0.0949 e. The summed E-state index contributed by atoms with van der Waals surface area (Å²) in [5, 5.41) is 13.3. The number of thiophene rings is 1. The van der Waals surface area contributed by atoms with Crippen molar-refractivity contribution in [2.24, 2.45) is 0 Å². The van der Waals surface area contributed by atoms with Crippen LogP contribution in [0, 0.1) is 0 Å². The van der Waals surface area contributed by atoms with Gasteiger partial charge in [-0.05, 0) is 17.5 Å². The van der Waals surface area contributed by atoms with E-state index in [1.54, 1.807) is 17.0 Å². The molecule has 0 atom stereocenters. The first kappa shape index (κ1) is 15.1. The number of nitrogens with one attached hydrogen (secondary N) is 1. The highest BCUT2D eigenvalue weighted by molar-refractivity contribution is 7.09. The first-order valence-corrected chi connectivity index (χ1v) is 8.53. The molecule has 1 aliphatic rings. The van der Waals surface area contributed by atoms with Crippen LogP contribution >= 0.6 is 11.3 Å². The van der Waals surface area contributed by atoms with Crippen LogP contribution in [0.4, 0.5) is 5.69 Å². The Morgan fingerprint density at radius 3 is 2.64 bits per heavy atom. The number of anilines is 1. The number of carbonyl (C=O) groups is 1. The molecule has 2 aromatic rings. The largest absolute Gasteiger partial charge is 0.545 e. The number of hydrogen-bond donors (Lipinski definition) is 1. The van der Waals surface area contributed by atoms with Gasteiger partial charge < -0.3 is 19.7 Å². The maximum absolute atomic E-state index is 11.2. The molecule has 4 nitrogen and oxygen atoms in total. The SMILES string of the molecule is O=C([O-])c1ccccc1N1CC[NH+](CCc2cccs2)CC1. The van der Waals surface area contributed by atoms with Gasteiger partial charge in [-0.15, -0.1) is 11.3 Å². The molecule has 0 unspecified atom stereocenters. The van der Waals surface area contributed by atoms with E-state index in [1.807, 2.05) is 23.5 Å². The molecular weight excluding hydrogens is 296 g/mol. The minimum Gasteiger partial charge on any atom is -0.545 e. The zero-order valence-electron chi connectivity index (χ0n) is 12.5. The third-order valence-corrected chi connectivity index (χ3v) is 5.18. The highest BCUT2D eigenvalue weighted by Crippen LogP contribution is 2.19. The third-order valence-electron chi connectivity index (χ3n) is 4.24. The molecule has 0 radical (unpaired) electrons. The fraction of sp³-hybridized carbons (Fsp3) is 0.353. The van der Waals surface area contributed by atoms with E-state index in [0.717, 1.165) is 44.8 Å². The standard InChI is InChI=1S/C17H20N2O2S/c20-17(21)15-5-1-2-6-16(15)19-11-9-18(10-12-19)8-7-14-4-3-13-22-14/h1-6,13H,7-12H2,(H,20,21). The first-order chi connectivity index (χ1) is 10.7. The number of carboxylic acids is 1. The van der Waals surface area contributed by atoms with Gasteiger partial charge in [0.05, 0.1) is 38.7 Å². The van der Waals surface area contributed by atoms with Gasteiger partial charge in [0.1, 0.15) is 0 Å². The van der Waals surface area contributed by atoms with Gasteiger partial charge in [-0.3, -0.25) is 0 Å². The van der Waals surface area contributed by atoms with Gasteiger partial charge in [0.25, 0.3) is 0 Å². The predicted molar refractivity (Wildman–Crippen MR) is 86.6 cm³/mol. The summed E-state index contributed by atoms with van der Waals surface area (Å²) in [6.45, 7) is 5.03. The Labute approximate surface area is 134 Å². The fourth-order valence-corrected chi connectivity index (χ4v) is 3.70. The van der Waals surface area contributed by atoms with Gasteiger partial charge in [0.2, 0.25) is 0 Å². The van der Waals surface area contributed by atoms with Crippen LogP contribution in [-0.4, -0.2) is 38.7 Å². The number of hydrogen-bond acceptors (Lipinski definition) is 4. The number of benzene rings is 1. The summed E-state index contributed by atoms with van der Waals surface area (Å²) >= 11 is 1.82. The molecule has 2 heterocycles.